The van der Waals surface area contributed by atoms with Gasteiger partial charge in [-0.3, -0.25) is 4.79 Å². The van der Waals surface area contributed by atoms with Crippen molar-refractivity contribution in [3.8, 4) is 0 Å². The van der Waals surface area contributed by atoms with E-state index in [2.05, 4.69) is 3.07 Å². The maximum atomic E-state index is 10.1. The van der Waals surface area contributed by atoms with E-state index < -0.39 is 38.6 Å². The lowest BCUT2D eigenvalue weighted by molar-refractivity contribution is -1.91. The topological polar surface area (TPSA) is 185 Å². The minimum atomic E-state index is -5.63. The zero-order valence-corrected chi connectivity index (χ0v) is 11.1. The number of hydrogen-bond acceptors (Lipinski definition) is 8. The zero-order valence-electron chi connectivity index (χ0n) is 8.91. The average molecular weight is 366 g/mol. The molecule has 17 heavy (non-hydrogen) atoms. The number of unbranched alkanes of at least 4 members (excludes halogenated alkanes) is 1. The molecule has 9 nitrogen and oxygen atoms in total. The van der Waals surface area contributed by atoms with Gasteiger partial charge in [0.25, 0.3) is 0 Å². The Hall–Kier alpha value is -0.530. The second kappa shape index (κ2) is 10.6. The second-order valence-electron chi connectivity index (χ2n) is 2.79. The molecule has 10 heteroatoms. The van der Waals surface area contributed by atoms with Crippen LogP contribution in [0.15, 0.2) is 0 Å². The molecule has 0 bridgehead atoms. The molecule has 0 fully saturated rings. The van der Waals surface area contributed by atoms with Crippen molar-refractivity contribution in [2.45, 2.75) is 25.3 Å². The summed E-state index contributed by atoms with van der Waals surface area (Å²) in [6, 6.07) is -0.716. The van der Waals surface area contributed by atoms with Gasteiger partial charge in [-0.15, -0.1) is 0 Å². The van der Waals surface area contributed by atoms with Gasteiger partial charge in [0.1, 0.15) is 6.04 Å². The van der Waals surface area contributed by atoms with Crippen LogP contribution in [0.3, 0.4) is 0 Å². The quantitative estimate of drug-likeness (QED) is 0.224. The fraction of sp³-hybridized carbons (Fsp3) is 0.714. The first kappa shape index (κ1) is 18.8. The summed E-state index contributed by atoms with van der Waals surface area (Å²) in [5, 5.41) is 8.33. The van der Waals surface area contributed by atoms with E-state index in [-0.39, 0.29) is 0 Å². The number of carboxylic acid groups (broad SMARTS) is 1. The predicted octanol–water partition coefficient (Wildman–Crippen LogP) is -7.41. The Morgan fingerprint density at radius 2 is 1.94 bits per heavy atom. The highest BCUT2D eigenvalue weighted by molar-refractivity contribution is 5.72. The highest BCUT2D eigenvalue weighted by Crippen LogP contribution is 1.96. The standard InChI is InChI=1S/C6H14N2O2.CHIO5/c7-4-2-1-3-5(8)6(9)10;3-1-7-2(4,5)6/h5H,1-4,7-8H2,(H,9,10);1H/t5-;/m0./s1. The third-order valence-electron chi connectivity index (χ3n) is 1.43. The summed E-state index contributed by atoms with van der Waals surface area (Å²) in [6.45, 7) is 0.204. The molecular formula is C7H15IN2O7. The number of carbonyl (C=O) groups excluding carboxylic acids is 1. The van der Waals surface area contributed by atoms with Crippen molar-refractivity contribution in [1.29, 1.82) is 0 Å². The van der Waals surface area contributed by atoms with Gasteiger partial charge in [0.05, 0.1) is 0 Å². The van der Waals surface area contributed by atoms with Crippen LogP contribution in [-0.2, 0) is 12.7 Å². The van der Waals surface area contributed by atoms with E-state index in [9.17, 15) is 15.1 Å². The van der Waals surface area contributed by atoms with Gasteiger partial charge in [0, 0.05) is 0 Å². The fourth-order valence-corrected chi connectivity index (χ4v) is 0.931. The van der Waals surface area contributed by atoms with E-state index in [4.69, 9.17) is 21.4 Å². The molecule has 1 atom stereocenters. The van der Waals surface area contributed by atoms with E-state index in [1.54, 1.807) is 0 Å². The fourth-order valence-electron chi connectivity index (χ4n) is 0.677. The summed E-state index contributed by atoms with van der Waals surface area (Å²) in [7, 11) is 0. The lowest BCUT2D eigenvalue weighted by Crippen LogP contribution is -4.24. The van der Waals surface area contributed by atoms with Gasteiger partial charge in [0.2, 0.25) is 0 Å². The van der Waals surface area contributed by atoms with Crippen molar-refractivity contribution in [3.05, 3.63) is 0 Å². The van der Waals surface area contributed by atoms with Crippen LogP contribution in [0.2, 0.25) is 0 Å². The van der Waals surface area contributed by atoms with Crippen molar-refractivity contribution < 1.29 is 48.2 Å². The van der Waals surface area contributed by atoms with E-state index in [0.29, 0.717) is 13.0 Å². The van der Waals surface area contributed by atoms with Crippen LogP contribution in [0.4, 0.5) is 0 Å². The SMILES string of the molecule is NCCCC[C@H](N)C(=O)O.O=CO[I+3]([O-])([O-])[O-]. The smallest absolute Gasteiger partial charge is 0.444 e. The Labute approximate surface area is 104 Å². The van der Waals surface area contributed by atoms with Gasteiger partial charge >= 0.3 is 32.5 Å². The highest BCUT2D eigenvalue weighted by atomic mass is 127. The van der Waals surface area contributed by atoms with Crippen molar-refractivity contribution in [2.75, 3.05) is 6.54 Å². The number of halogens is 1. The van der Waals surface area contributed by atoms with Crippen LogP contribution in [0, 0.1) is 0 Å². The van der Waals surface area contributed by atoms with Crippen LogP contribution < -0.4 is 41.9 Å². The molecule has 0 amide bonds. The third kappa shape index (κ3) is 18.1. The van der Waals surface area contributed by atoms with E-state index in [1.807, 2.05) is 0 Å². The maximum absolute atomic E-state index is 10.1. The first-order valence-electron chi connectivity index (χ1n) is 4.45. The molecule has 0 aromatic heterocycles. The number of hydrogen-bond donors (Lipinski definition) is 3. The molecule has 0 aromatic rings. The Morgan fingerprint density at radius 1 is 1.41 bits per heavy atom. The second-order valence-corrected chi connectivity index (χ2v) is 5.46. The molecule has 0 rings (SSSR count). The number of carbonyl (C=O) groups is 2. The summed E-state index contributed by atoms with van der Waals surface area (Å²) in [6.07, 6.45) is 2.16. The molecule has 0 saturated carbocycles. The number of rotatable bonds is 7. The van der Waals surface area contributed by atoms with Gasteiger partial charge in [-0.2, -0.15) is 0 Å². The van der Waals surface area contributed by atoms with Crippen molar-refractivity contribution in [3.63, 3.8) is 0 Å². The van der Waals surface area contributed by atoms with Gasteiger partial charge in [-0.05, 0) is 19.4 Å². The molecule has 0 spiro atoms. The zero-order chi connectivity index (χ0) is 13.9. The van der Waals surface area contributed by atoms with Crippen LogP contribution >= 0.6 is 0 Å². The molecule has 5 N–H and O–H groups in total. The minimum Gasteiger partial charge on any atom is -0.480 e. The van der Waals surface area contributed by atoms with Crippen LogP contribution in [0.5, 0.6) is 0 Å². The van der Waals surface area contributed by atoms with Gasteiger partial charge in [-0.1, -0.05) is 9.49 Å². The molecule has 102 valence electrons. The van der Waals surface area contributed by atoms with E-state index >= 15 is 0 Å². The molecule has 0 aliphatic carbocycles. The Morgan fingerprint density at radius 3 is 2.18 bits per heavy atom. The number of nitrogens with two attached hydrogens (primary N) is 2. The van der Waals surface area contributed by atoms with E-state index in [1.165, 1.54) is 0 Å². The Balaban J connectivity index is 0. The van der Waals surface area contributed by atoms with Crippen molar-refractivity contribution >= 4 is 12.4 Å². The molecule has 0 radical (unpaired) electrons. The van der Waals surface area contributed by atoms with Gasteiger partial charge in [-0.25, -0.2) is 15.1 Å². The molecule has 0 heterocycles. The summed E-state index contributed by atoms with van der Waals surface area (Å²) in [5.41, 5.74) is 10.4. The van der Waals surface area contributed by atoms with Crippen LogP contribution in [0.1, 0.15) is 19.3 Å². The largest absolute Gasteiger partial charge is 0.480 e. The molecule has 0 aliphatic rings. The van der Waals surface area contributed by atoms with Crippen LogP contribution in [0.25, 0.3) is 0 Å². The van der Waals surface area contributed by atoms with Crippen LogP contribution in [-0.4, -0.2) is 30.1 Å². The summed E-state index contributed by atoms with van der Waals surface area (Å²) < 4.78 is 31.0. The Kier molecular flexibility index (Phi) is 11.8. The predicted molar refractivity (Wildman–Crippen MR) is 45.7 cm³/mol. The minimum absolute atomic E-state index is 0.399. The third-order valence-corrected chi connectivity index (χ3v) is 2.26. The molecular weight excluding hydrogens is 351 g/mol. The lowest BCUT2D eigenvalue weighted by Gasteiger charge is -2.03. The summed E-state index contributed by atoms with van der Waals surface area (Å²) in [4.78, 5) is 19.2. The maximum Gasteiger partial charge on any atom is 0.444 e. The van der Waals surface area contributed by atoms with E-state index in [0.717, 1.165) is 12.8 Å². The van der Waals surface area contributed by atoms with Crippen molar-refractivity contribution in [1.82, 2.24) is 0 Å². The van der Waals surface area contributed by atoms with Gasteiger partial charge < -0.3 is 16.6 Å². The first-order chi connectivity index (χ1) is 7.74. The summed E-state index contributed by atoms with van der Waals surface area (Å²) in [5.74, 6) is -0.933. The first-order valence-corrected chi connectivity index (χ1v) is 7.98. The molecule has 0 unspecified atom stereocenters. The monoisotopic (exact) mass is 366 g/mol. The average Bonchev–Trinajstić information content (AvgIpc) is 2.16. The van der Waals surface area contributed by atoms with Gasteiger partial charge in [0.15, 0.2) is 0 Å². The van der Waals surface area contributed by atoms with Crippen molar-refractivity contribution in [2.24, 2.45) is 11.5 Å². The molecule has 0 saturated heterocycles. The molecule has 0 aromatic carbocycles. The normalized spacial score (nSPS) is 12.1. The lowest BCUT2D eigenvalue weighted by atomic mass is 10.1. The number of aliphatic carboxylic acids is 1. The highest BCUT2D eigenvalue weighted by Gasteiger charge is 2.25. The number of carboxylic acids is 1. The molecule has 0 aliphatic heterocycles. The Bertz CT molecular complexity index is 221. The summed E-state index contributed by atoms with van der Waals surface area (Å²) >= 11 is -5.63.